The highest BCUT2D eigenvalue weighted by atomic mass is 35.5. The smallest absolute Gasteiger partial charge is 0.254 e. The third-order valence-electron chi connectivity index (χ3n) is 5.21. The van der Waals surface area contributed by atoms with Gasteiger partial charge in [-0.2, -0.15) is 0 Å². The number of hydrogen-bond donors (Lipinski definition) is 1. The van der Waals surface area contributed by atoms with Gasteiger partial charge in [0.05, 0.1) is 11.6 Å². The number of likely N-dealkylation sites (tertiary alicyclic amines) is 1. The SMILES string of the molecule is C[C@H](c1ccccc1)N1CC[C@@](O)(c2ccc(Cl)cc2)C[C@@H]1C(F)F. The zero-order valence-corrected chi connectivity index (χ0v) is 14.8. The largest absolute Gasteiger partial charge is 0.385 e. The second-order valence-corrected chi connectivity index (χ2v) is 7.16. The molecule has 0 saturated carbocycles. The summed E-state index contributed by atoms with van der Waals surface area (Å²) >= 11 is 5.90. The number of alkyl halides is 2. The van der Waals surface area contributed by atoms with Crippen molar-refractivity contribution in [1.29, 1.82) is 0 Å². The van der Waals surface area contributed by atoms with Crippen molar-refractivity contribution in [2.75, 3.05) is 6.54 Å². The van der Waals surface area contributed by atoms with Gasteiger partial charge in [-0.25, -0.2) is 8.78 Å². The minimum Gasteiger partial charge on any atom is -0.385 e. The lowest BCUT2D eigenvalue weighted by molar-refractivity contribution is -0.103. The van der Waals surface area contributed by atoms with Crippen molar-refractivity contribution in [2.45, 2.75) is 43.9 Å². The van der Waals surface area contributed by atoms with Crippen molar-refractivity contribution < 1.29 is 13.9 Å². The van der Waals surface area contributed by atoms with Crippen LogP contribution < -0.4 is 0 Å². The summed E-state index contributed by atoms with van der Waals surface area (Å²) in [7, 11) is 0. The van der Waals surface area contributed by atoms with Crippen LogP contribution in [-0.4, -0.2) is 29.0 Å². The lowest BCUT2D eigenvalue weighted by Gasteiger charge is -2.46. The maximum atomic E-state index is 13.8. The van der Waals surface area contributed by atoms with Crippen LogP contribution in [-0.2, 0) is 5.60 Å². The van der Waals surface area contributed by atoms with Crippen LogP contribution in [0.5, 0.6) is 0 Å². The molecule has 1 heterocycles. The van der Waals surface area contributed by atoms with Crippen molar-refractivity contribution in [1.82, 2.24) is 4.90 Å². The molecule has 2 aromatic rings. The zero-order valence-electron chi connectivity index (χ0n) is 14.1. The van der Waals surface area contributed by atoms with E-state index in [0.717, 1.165) is 5.56 Å². The van der Waals surface area contributed by atoms with Gasteiger partial charge < -0.3 is 5.11 Å². The second kappa shape index (κ2) is 7.40. The van der Waals surface area contributed by atoms with Gasteiger partial charge in [-0.15, -0.1) is 0 Å². The average Bonchev–Trinajstić information content (AvgIpc) is 2.62. The Morgan fingerprint density at radius 1 is 1.12 bits per heavy atom. The van der Waals surface area contributed by atoms with E-state index in [9.17, 15) is 13.9 Å². The monoisotopic (exact) mass is 365 g/mol. The van der Waals surface area contributed by atoms with E-state index in [1.807, 2.05) is 42.2 Å². The molecule has 1 fully saturated rings. The van der Waals surface area contributed by atoms with E-state index < -0.39 is 18.1 Å². The highest BCUT2D eigenvalue weighted by Gasteiger charge is 2.44. The van der Waals surface area contributed by atoms with Crippen LogP contribution in [0, 0.1) is 0 Å². The summed E-state index contributed by atoms with van der Waals surface area (Å²) < 4.78 is 27.6. The van der Waals surface area contributed by atoms with Crippen LogP contribution in [0.2, 0.25) is 5.02 Å². The van der Waals surface area contributed by atoms with Gasteiger partial charge in [0, 0.05) is 24.0 Å². The fourth-order valence-corrected chi connectivity index (χ4v) is 3.83. The third kappa shape index (κ3) is 3.86. The highest BCUT2D eigenvalue weighted by molar-refractivity contribution is 6.30. The Kier molecular flexibility index (Phi) is 5.42. The Morgan fingerprint density at radius 2 is 1.76 bits per heavy atom. The molecule has 1 aliphatic heterocycles. The summed E-state index contributed by atoms with van der Waals surface area (Å²) in [6.45, 7) is 2.35. The van der Waals surface area contributed by atoms with E-state index in [4.69, 9.17) is 11.6 Å². The van der Waals surface area contributed by atoms with Crippen LogP contribution in [0.1, 0.15) is 36.9 Å². The Balaban J connectivity index is 1.84. The minimum absolute atomic E-state index is 0.00345. The zero-order chi connectivity index (χ0) is 18.0. The van der Waals surface area contributed by atoms with Gasteiger partial charge in [0.15, 0.2) is 0 Å². The molecule has 1 aliphatic rings. The van der Waals surface area contributed by atoms with Gasteiger partial charge in [0.1, 0.15) is 0 Å². The summed E-state index contributed by atoms with van der Waals surface area (Å²) in [5.41, 5.74) is 0.401. The topological polar surface area (TPSA) is 23.5 Å². The molecule has 3 atom stereocenters. The minimum atomic E-state index is -2.52. The Hall–Kier alpha value is -1.49. The lowest BCUT2D eigenvalue weighted by Crippen LogP contribution is -2.52. The van der Waals surface area contributed by atoms with Gasteiger partial charge in [0.25, 0.3) is 6.43 Å². The Labute approximate surface area is 152 Å². The molecule has 25 heavy (non-hydrogen) atoms. The molecular weight excluding hydrogens is 344 g/mol. The summed E-state index contributed by atoms with van der Waals surface area (Å²) in [4.78, 5) is 1.81. The first kappa shape index (κ1) is 18.3. The fourth-order valence-electron chi connectivity index (χ4n) is 3.71. The maximum absolute atomic E-state index is 13.8. The predicted octanol–water partition coefficient (Wildman–Crippen LogP) is 5.02. The molecule has 2 nitrogen and oxygen atoms in total. The Morgan fingerprint density at radius 3 is 2.36 bits per heavy atom. The van der Waals surface area contributed by atoms with E-state index in [1.54, 1.807) is 24.3 Å². The van der Waals surface area contributed by atoms with Crippen LogP contribution >= 0.6 is 11.6 Å². The predicted molar refractivity (Wildman–Crippen MR) is 95.9 cm³/mol. The van der Waals surface area contributed by atoms with Crippen molar-refractivity contribution in [3.63, 3.8) is 0 Å². The number of rotatable bonds is 4. The van der Waals surface area contributed by atoms with Gasteiger partial charge in [-0.3, -0.25) is 4.90 Å². The normalized spacial score (nSPS) is 25.9. The number of hydrogen-bond acceptors (Lipinski definition) is 2. The first-order chi connectivity index (χ1) is 11.9. The van der Waals surface area contributed by atoms with Crippen LogP contribution in [0.3, 0.4) is 0 Å². The third-order valence-corrected chi connectivity index (χ3v) is 5.46. The van der Waals surface area contributed by atoms with Crippen molar-refractivity contribution in [3.8, 4) is 0 Å². The average molecular weight is 366 g/mol. The molecule has 2 aromatic carbocycles. The molecule has 0 spiro atoms. The molecule has 1 saturated heterocycles. The van der Waals surface area contributed by atoms with Gasteiger partial charge in [0.2, 0.25) is 0 Å². The summed E-state index contributed by atoms with van der Waals surface area (Å²) in [5.74, 6) is 0. The molecule has 1 N–H and O–H groups in total. The van der Waals surface area contributed by atoms with Crippen LogP contribution in [0.25, 0.3) is 0 Å². The van der Waals surface area contributed by atoms with Crippen LogP contribution in [0.15, 0.2) is 54.6 Å². The van der Waals surface area contributed by atoms with Crippen molar-refractivity contribution in [3.05, 3.63) is 70.7 Å². The summed E-state index contributed by atoms with van der Waals surface area (Å²) in [6.07, 6.45) is -2.11. The first-order valence-electron chi connectivity index (χ1n) is 8.48. The van der Waals surface area contributed by atoms with E-state index >= 15 is 0 Å². The van der Waals surface area contributed by atoms with Gasteiger partial charge in [-0.1, -0.05) is 54.1 Å². The molecule has 134 valence electrons. The number of nitrogens with zero attached hydrogens (tertiary/aromatic N) is 1. The van der Waals surface area contributed by atoms with Crippen molar-refractivity contribution in [2.24, 2.45) is 0 Å². The van der Waals surface area contributed by atoms with E-state index in [-0.39, 0.29) is 12.5 Å². The summed E-state index contributed by atoms with van der Waals surface area (Å²) in [5, 5.41) is 11.6. The standard InChI is InChI=1S/C20H22ClF2NO/c1-14(15-5-3-2-4-6-15)24-12-11-20(25,13-18(24)19(22)23)16-7-9-17(21)10-8-16/h2-10,14,18-19,25H,11-13H2,1H3/t14-,18-,20+/m1/s1. The molecule has 0 bridgehead atoms. The molecule has 0 aromatic heterocycles. The van der Waals surface area contributed by atoms with Crippen molar-refractivity contribution >= 4 is 11.6 Å². The molecule has 3 rings (SSSR count). The second-order valence-electron chi connectivity index (χ2n) is 6.72. The number of piperidine rings is 1. The summed E-state index contributed by atoms with van der Waals surface area (Å²) in [6, 6.07) is 15.3. The lowest BCUT2D eigenvalue weighted by atomic mass is 9.80. The number of aliphatic hydroxyl groups is 1. The molecule has 0 aliphatic carbocycles. The van der Waals surface area contributed by atoms with E-state index in [0.29, 0.717) is 23.6 Å². The molecule has 5 heteroatoms. The number of halogens is 3. The quantitative estimate of drug-likeness (QED) is 0.822. The molecule has 0 unspecified atom stereocenters. The van der Waals surface area contributed by atoms with Gasteiger partial charge >= 0.3 is 0 Å². The van der Waals surface area contributed by atoms with Gasteiger partial charge in [-0.05, 0) is 36.6 Å². The highest BCUT2D eigenvalue weighted by Crippen LogP contribution is 2.41. The van der Waals surface area contributed by atoms with E-state index in [1.165, 1.54) is 0 Å². The number of benzene rings is 2. The fraction of sp³-hybridized carbons (Fsp3) is 0.400. The van der Waals surface area contributed by atoms with Crippen LogP contribution in [0.4, 0.5) is 8.78 Å². The Bertz CT molecular complexity index is 695. The van der Waals surface area contributed by atoms with E-state index in [2.05, 4.69) is 0 Å². The molecule has 0 amide bonds. The first-order valence-corrected chi connectivity index (χ1v) is 8.86. The molecular formula is C20H22ClF2NO. The maximum Gasteiger partial charge on any atom is 0.254 e. The molecule has 0 radical (unpaired) electrons.